The summed E-state index contributed by atoms with van der Waals surface area (Å²) < 4.78 is 13.5. The van der Waals surface area contributed by atoms with E-state index in [2.05, 4.69) is 18.8 Å². The standard InChI is InChI=1S/C30H28FN3O3/c1-19(2)20-9-13-24(14-10-20)34-28(35)17-27(30(34)37)33(29(36)21-7-11-23(31)12-8-21)16-15-22-18-32-26-6-4-3-5-25(22)26/h3-14,18-19,27,32H,15-17H2,1-2H3. The van der Waals surface area contributed by atoms with E-state index < -0.39 is 23.7 Å². The number of anilines is 1. The molecule has 1 atom stereocenters. The predicted octanol–water partition coefficient (Wildman–Crippen LogP) is 5.45. The summed E-state index contributed by atoms with van der Waals surface area (Å²) in [6.45, 7) is 4.37. The third kappa shape index (κ3) is 4.77. The number of carbonyl (C=O) groups is 3. The number of nitrogens with one attached hydrogen (secondary N) is 1. The van der Waals surface area contributed by atoms with E-state index in [0.717, 1.165) is 22.0 Å². The number of hydrogen-bond donors (Lipinski definition) is 1. The van der Waals surface area contributed by atoms with Crippen molar-refractivity contribution >= 4 is 34.3 Å². The van der Waals surface area contributed by atoms with Gasteiger partial charge in [-0.15, -0.1) is 0 Å². The monoisotopic (exact) mass is 497 g/mol. The van der Waals surface area contributed by atoms with Crippen LogP contribution in [-0.4, -0.2) is 40.2 Å². The van der Waals surface area contributed by atoms with Crippen molar-refractivity contribution in [2.45, 2.75) is 38.6 Å². The number of halogens is 1. The SMILES string of the molecule is CC(C)c1ccc(N2C(=O)CC(N(CCc3c[nH]c4ccccc34)C(=O)c3ccc(F)cc3)C2=O)cc1. The van der Waals surface area contributed by atoms with Gasteiger partial charge in [0.25, 0.3) is 11.8 Å². The summed E-state index contributed by atoms with van der Waals surface area (Å²) in [5.74, 6) is -1.33. The highest BCUT2D eigenvalue weighted by molar-refractivity contribution is 6.23. The van der Waals surface area contributed by atoms with Crippen LogP contribution in [0.25, 0.3) is 10.9 Å². The number of benzene rings is 3. The largest absolute Gasteiger partial charge is 0.361 e. The minimum Gasteiger partial charge on any atom is -0.361 e. The number of fused-ring (bicyclic) bond motifs is 1. The molecule has 0 saturated carbocycles. The minimum atomic E-state index is -0.944. The fourth-order valence-corrected chi connectivity index (χ4v) is 4.88. The van der Waals surface area contributed by atoms with Gasteiger partial charge in [0.15, 0.2) is 0 Å². The number of hydrogen-bond acceptors (Lipinski definition) is 3. The second-order valence-electron chi connectivity index (χ2n) is 9.65. The van der Waals surface area contributed by atoms with Gasteiger partial charge in [-0.1, -0.05) is 44.2 Å². The highest BCUT2D eigenvalue weighted by atomic mass is 19.1. The number of H-pyrrole nitrogens is 1. The first-order valence-corrected chi connectivity index (χ1v) is 12.4. The Morgan fingerprint density at radius 2 is 1.73 bits per heavy atom. The van der Waals surface area contributed by atoms with E-state index in [-0.39, 0.29) is 24.4 Å². The molecule has 0 aliphatic carbocycles. The summed E-state index contributed by atoms with van der Waals surface area (Å²) in [6.07, 6.45) is 2.28. The van der Waals surface area contributed by atoms with E-state index in [0.29, 0.717) is 18.0 Å². The van der Waals surface area contributed by atoms with Crippen molar-refractivity contribution in [3.63, 3.8) is 0 Å². The molecule has 5 rings (SSSR count). The highest BCUT2D eigenvalue weighted by Gasteiger charge is 2.44. The van der Waals surface area contributed by atoms with Crippen molar-refractivity contribution in [1.29, 1.82) is 0 Å². The molecule has 0 spiro atoms. The smallest absolute Gasteiger partial charge is 0.257 e. The second kappa shape index (κ2) is 10.0. The van der Waals surface area contributed by atoms with Crippen molar-refractivity contribution in [2.75, 3.05) is 11.4 Å². The third-order valence-electron chi connectivity index (χ3n) is 6.97. The number of aromatic nitrogens is 1. The molecule has 3 aromatic carbocycles. The lowest BCUT2D eigenvalue weighted by Crippen LogP contribution is -2.46. The fraction of sp³-hybridized carbons (Fsp3) is 0.233. The third-order valence-corrected chi connectivity index (χ3v) is 6.97. The Morgan fingerprint density at radius 1 is 1.03 bits per heavy atom. The molecule has 1 saturated heterocycles. The summed E-state index contributed by atoms with van der Waals surface area (Å²) in [6, 6.07) is 19.5. The summed E-state index contributed by atoms with van der Waals surface area (Å²) in [4.78, 5) is 46.1. The van der Waals surface area contributed by atoms with Gasteiger partial charge in [-0.25, -0.2) is 9.29 Å². The van der Waals surface area contributed by atoms with Gasteiger partial charge in [0.05, 0.1) is 12.1 Å². The molecule has 188 valence electrons. The molecule has 3 amide bonds. The van der Waals surface area contributed by atoms with Crippen LogP contribution >= 0.6 is 0 Å². The fourth-order valence-electron chi connectivity index (χ4n) is 4.88. The summed E-state index contributed by atoms with van der Waals surface area (Å²) in [5, 5.41) is 1.04. The van der Waals surface area contributed by atoms with Crippen LogP contribution in [0.2, 0.25) is 0 Å². The Hall–Kier alpha value is -4.26. The van der Waals surface area contributed by atoms with Crippen molar-refractivity contribution in [2.24, 2.45) is 0 Å². The average molecular weight is 498 g/mol. The molecule has 4 aromatic rings. The quantitative estimate of drug-likeness (QED) is 0.345. The zero-order valence-corrected chi connectivity index (χ0v) is 20.8. The predicted molar refractivity (Wildman–Crippen MR) is 141 cm³/mol. The molecule has 1 aromatic heterocycles. The summed E-state index contributed by atoms with van der Waals surface area (Å²) in [5.41, 5.74) is 3.85. The lowest BCUT2D eigenvalue weighted by molar-refractivity contribution is -0.122. The maximum absolute atomic E-state index is 13.6. The molecule has 1 aliphatic heterocycles. The molecule has 6 nitrogen and oxygen atoms in total. The maximum Gasteiger partial charge on any atom is 0.257 e. The van der Waals surface area contributed by atoms with E-state index >= 15 is 0 Å². The van der Waals surface area contributed by atoms with Crippen LogP contribution in [0.4, 0.5) is 10.1 Å². The summed E-state index contributed by atoms with van der Waals surface area (Å²) >= 11 is 0. The lowest BCUT2D eigenvalue weighted by atomic mass is 10.0. The zero-order chi connectivity index (χ0) is 26.1. The average Bonchev–Trinajstić information content (AvgIpc) is 3.44. The molecule has 0 radical (unpaired) electrons. The van der Waals surface area contributed by atoms with Gasteiger partial charge < -0.3 is 9.88 Å². The van der Waals surface area contributed by atoms with Crippen LogP contribution in [0.5, 0.6) is 0 Å². The second-order valence-corrected chi connectivity index (χ2v) is 9.65. The Bertz CT molecular complexity index is 1460. The molecule has 1 fully saturated rings. The number of aromatic amines is 1. The maximum atomic E-state index is 13.6. The molecule has 0 bridgehead atoms. The first-order valence-electron chi connectivity index (χ1n) is 12.4. The molecule has 37 heavy (non-hydrogen) atoms. The molecule has 7 heteroatoms. The Balaban J connectivity index is 1.44. The normalized spacial score (nSPS) is 15.7. The molecular formula is C30H28FN3O3. The van der Waals surface area contributed by atoms with E-state index in [1.165, 1.54) is 34.1 Å². The first-order chi connectivity index (χ1) is 17.8. The van der Waals surface area contributed by atoms with Crippen molar-refractivity contribution in [3.05, 3.63) is 102 Å². The first kappa shape index (κ1) is 24.4. The van der Waals surface area contributed by atoms with Crippen LogP contribution in [-0.2, 0) is 16.0 Å². The number of nitrogens with zero attached hydrogens (tertiary/aromatic N) is 2. The van der Waals surface area contributed by atoms with Gasteiger partial charge in [-0.3, -0.25) is 14.4 Å². The van der Waals surface area contributed by atoms with E-state index in [1.54, 1.807) is 12.1 Å². The highest BCUT2D eigenvalue weighted by Crippen LogP contribution is 2.29. The molecule has 1 unspecified atom stereocenters. The van der Waals surface area contributed by atoms with Gasteiger partial charge in [-0.2, -0.15) is 0 Å². The van der Waals surface area contributed by atoms with Crippen molar-refractivity contribution < 1.29 is 18.8 Å². The summed E-state index contributed by atoms with van der Waals surface area (Å²) in [7, 11) is 0. The number of carbonyl (C=O) groups excluding carboxylic acids is 3. The lowest BCUT2D eigenvalue weighted by Gasteiger charge is -2.28. The van der Waals surface area contributed by atoms with E-state index in [1.807, 2.05) is 42.6 Å². The Labute approximate surface area is 214 Å². The molecular weight excluding hydrogens is 469 g/mol. The van der Waals surface area contributed by atoms with Gasteiger partial charge >= 0.3 is 0 Å². The molecule has 2 heterocycles. The Kier molecular flexibility index (Phi) is 6.61. The van der Waals surface area contributed by atoms with Crippen molar-refractivity contribution in [3.8, 4) is 0 Å². The number of para-hydroxylation sites is 1. The molecule has 1 N–H and O–H groups in total. The molecule has 1 aliphatic rings. The van der Waals surface area contributed by atoms with Gasteiger partial charge in [0, 0.05) is 29.2 Å². The van der Waals surface area contributed by atoms with E-state index in [9.17, 15) is 18.8 Å². The Morgan fingerprint density at radius 3 is 2.43 bits per heavy atom. The number of rotatable bonds is 7. The van der Waals surface area contributed by atoms with Gasteiger partial charge in [0.1, 0.15) is 11.9 Å². The number of amides is 3. The minimum absolute atomic E-state index is 0.106. The topological polar surface area (TPSA) is 73.5 Å². The van der Waals surface area contributed by atoms with Crippen LogP contribution in [0.15, 0.2) is 79.0 Å². The van der Waals surface area contributed by atoms with E-state index in [4.69, 9.17) is 0 Å². The van der Waals surface area contributed by atoms with Crippen LogP contribution in [0.1, 0.15) is 47.7 Å². The zero-order valence-electron chi connectivity index (χ0n) is 20.8. The van der Waals surface area contributed by atoms with Crippen LogP contribution in [0, 0.1) is 5.82 Å². The van der Waals surface area contributed by atoms with Crippen LogP contribution < -0.4 is 4.90 Å². The van der Waals surface area contributed by atoms with Gasteiger partial charge in [-0.05, 0) is 65.9 Å². The van der Waals surface area contributed by atoms with Gasteiger partial charge in [0.2, 0.25) is 5.91 Å². The van der Waals surface area contributed by atoms with Crippen molar-refractivity contribution in [1.82, 2.24) is 9.88 Å². The van der Waals surface area contributed by atoms with Crippen LogP contribution in [0.3, 0.4) is 0 Å². The number of imide groups is 1.